The molecule has 1 saturated heterocycles. The van der Waals surface area contributed by atoms with Crippen molar-refractivity contribution in [3.05, 3.63) is 29.3 Å². The lowest BCUT2D eigenvalue weighted by atomic mass is 10.0. The molecule has 1 aromatic rings. The van der Waals surface area contributed by atoms with Crippen molar-refractivity contribution in [3.8, 4) is 5.75 Å². The van der Waals surface area contributed by atoms with Crippen LogP contribution in [0.3, 0.4) is 0 Å². The topological polar surface area (TPSA) is 29.5 Å². The summed E-state index contributed by atoms with van der Waals surface area (Å²) >= 11 is 5.97. The molecule has 2 rings (SSSR count). The second kappa shape index (κ2) is 6.10. The molecule has 18 heavy (non-hydrogen) atoms. The highest BCUT2D eigenvalue weighted by Crippen LogP contribution is 2.23. The summed E-state index contributed by atoms with van der Waals surface area (Å²) in [6.45, 7) is 3.92. The number of hydrogen-bond donors (Lipinski definition) is 0. The zero-order valence-corrected chi connectivity index (χ0v) is 11.3. The van der Waals surface area contributed by atoms with Crippen LogP contribution in [0.15, 0.2) is 24.3 Å². The maximum Gasteiger partial charge on any atom is 0.260 e. The third-order valence-electron chi connectivity index (χ3n) is 3.20. The zero-order chi connectivity index (χ0) is 13.0. The van der Waals surface area contributed by atoms with E-state index < -0.39 is 0 Å². The van der Waals surface area contributed by atoms with Crippen molar-refractivity contribution in [2.24, 2.45) is 5.92 Å². The highest BCUT2D eigenvalue weighted by Gasteiger charge is 2.21. The van der Waals surface area contributed by atoms with Crippen LogP contribution in [-0.2, 0) is 4.79 Å². The Morgan fingerprint density at radius 1 is 1.50 bits per heavy atom. The molecule has 0 N–H and O–H groups in total. The first-order valence-corrected chi connectivity index (χ1v) is 6.69. The average molecular weight is 268 g/mol. The van der Waals surface area contributed by atoms with Crippen LogP contribution in [0.5, 0.6) is 5.75 Å². The minimum Gasteiger partial charge on any atom is -0.482 e. The molecule has 98 valence electrons. The van der Waals surface area contributed by atoms with E-state index in [9.17, 15) is 4.79 Å². The lowest BCUT2D eigenvalue weighted by molar-refractivity contribution is -0.135. The average Bonchev–Trinajstić information content (AvgIpc) is 2.37. The maximum absolute atomic E-state index is 12.0. The van der Waals surface area contributed by atoms with Crippen LogP contribution in [0.25, 0.3) is 0 Å². The number of rotatable bonds is 3. The number of piperidine rings is 1. The van der Waals surface area contributed by atoms with Crippen LogP contribution >= 0.6 is 11.6 Å². The zero-order valence-electron chi connectivity index (χ0n) is 10.6. The second-order valence-corrected chi connectivity index (χ2v) is 5.21. The van der Waals surface area contributed by atoms with Crippen LogP contribution < -0.4 is 4.74 Å². The van der Waals surface area contributed by atoms with Gasteiger partial charge in [0, 0.05) is 13.1 Å². The summed E-state index contributed by atoms with van der Waals surface area (Å²) in [4.78, 5) is 13.9. The molecular formula is C14H18ClNO2. The molecule has 0 aromatic heterocycles. The van der Waals surface area contributed by atoms with E-state index in [4.69, 9.17) is 16.3 Å². The molecule has 1 atom stereocenters. The normalized spacial score (nSPS) is 19.7. The van der Waals surface area contributed by atoms with Crippen molar-refractivity contribution in [2.75, 3.05) is 19.7 Å². The van der Waals surface area contributed by atoms with Gasteiger partial charge in [0.1, 0.15) is 5.75 Å². The van der Waals surface area contributed by atoms with Gasteiger partial charge >= 0.3 is 0 Å². The number of halogens is 1. The number of amides is 1. The van der Waals surface area contributed by atoms with Gasteiger partial charge in [0.05, 0.1) is 5.02 Å². The second-order valence-electron chi connectivity index (χ2n) is 4.81. The van der Waals surface area contributed by atoms with Crippen molar-refractivity contribution in [1.29, 1.82) is 0 Å². The van der Waals surface area contributed by atoms with Crippen LogP contribution in [0, 0.1) is 5.92 Å². The van der Waals surface area contributed by atoms with Crippen LogP contribution in [0.4, 0.5) is 0 Å². The first kappa shape index (κ1) is 13.2. The van der Waals surface area contributed by atoms with Gasteiger partial charge in [0.15, 0.2) is 6.61 Å². The van der Waals surface area contributed by atoms with Gasteiger partial charge in [-0.3, -0.25) is 4.79 Å². The molecule has 0 bridgehead atoms. The predicted molar refractivity (Wildman–Crippen MR) is 71.9 cm³/mol. The summed E-state index contributed by atoms with van der Waals surface area (Å²) in [5, 5.41) is 0.539. The van der Waals surface area contributed by atoms with Gasteiger partial charge in [-0.1, -0.05) is 30.7 Å². The Hall–Kier alpha value is -1.22. The minimum absolute atomic E-state index is 0.0430. The van der Waals surface area contributed by atoms with Gasteiger partial charge in [-0.05, 0) is 30.9 Å². The molecule has 0 aliphatic carbocycles. The van der Waals surface area contributed by atoms with E-state index >= 15 is 0 Å². The molecule has 0 saturated carbocycles. The minimum atomic E-state index is 0.0430. The number of nitrogens with zero attached hydrogens (tertiary/aromatic N) is 1. The van der Waals surface area contributed by atoms with E-state index in [1.807, 2.05) is 17.0 Å². The predicted octanol–water partition coefficient (Wildman–Crippen LogP) is 2.98. The van der Waals surface area contributed by atoms with Gasteiger partial charge in [0.25, 0.3) is 5.91 Å². The molecule has 1 unspecified atom stereocenters. The molecule has 1 amide bonds. The fraction of sp³-hybridized carbons (Fsp3) is 0.500. The molecular weight excluding hydrogens is 250 g/mol. The summed E-state index contributed by atoms with van der Waals surface area (Å²) in [6, 6.07) is 7.21. The molecule has 1 aromatic carbocycles. The van der Waals surface area contributed by atoms with Crippen molar-refractivity contribution >= 4 is 17.5 Å². The smallest absolute Gasteiger partial charge is 0.260 e. The van der Waals surface area contributed by atoms with Crippen LogP contribution in [-0.4, -0.2) is 30.5 Å². The SMILES string of the molecule is CC1CCCN(C(=O)COc2ccccc2Cl)C1. The van der Waals surface area contributed by atoms with Crippen LogP contribution in [0.2, 0.25) is 5.02 Å². The van der Waals surface area contributed by atoms with Crippen molar-refractivity contribution in [1.82, 2.24) is 4.90 Å². The number of likely N-dealkylation sites (tertiary alicyclic amines) is 1. The molecule has 4 heteroatoms. The summed E-state index contributed by atoms with van der Waals surface area (Å²) in [6.07, 6.45) is 2.29. The number of para-hydroxylation sites is 1. The Bertz CT molecular complexity index is 422. The standard InChI is InChI=1S/C14H18ClNO2/c1-11-5-4-8-16(9-11)14(17)10-18-13-7-3-2-6-12(13)15/h2-3,6-7,11H,4-5,8-10H2,1H3. The van der Waals surface area contributed by atoms with E-state index in [-0.39, 0.29) is 12.5 Å². The van der Waals surface area contributed by atoms with E-state index in [0.29, 0.717) is 16.7 Å². The third kappa shape index (κ3) is 3.39. The van der Waals surface area contributed by atoms with Gasteiger partial charge in [-0.2, -0.15) is 0 Å². The van der Waals surface area contributed by atoms with E-state index in [0.717, 1.165) is 19.5 Å². The molecule has 0 spiro atoms. The van der Waals surface area contributed by atoms with Crippen molar-refractivity contribution in [2.45, 2.75) is 19.8 Å². The molecule has 1 heterocycles. The monoisotopic (exact) mass is 267 g/mol. The van der Waals surface area contributed by atoms with E-state index in [2.05, 4.69) is 6.92 Å². The van der Waals surface area contributed by atoms with Gasteiger partial charge in [0.2, 0.25) is 0 Å². The molecule has 1 fully saturated rings. The Labute approximate surface area is 113 Å². The maximum atomic E-state index is 12.0. The largest absolute Gasteiger partial charge is 0.482 e. The number of carbonyl (C=O) groups is 1. The number of hydrogen-bond acceptors (Lipinski definition) is 2. The van der Waals surface area contributed by atoms with Crippen molar-refractivity contribution < 1.29 is 9.53 Å². The first-order chi connectivity index (χ1) is 8.66. The molecule has 0 radical (unpaired) electrons. The first-order valence-electron chi connectivity index (χ1n) is 6.32. The fourth-order valence-corrected chi connectivity index (χ4v) is 2.40. The third-order valence-corrected chi connectivity index (χ3v) is 3.51. The number of carbonyl (C=O) groups excluding carboxylic acids is 1. The molecule has 3 nitrogen and oxygen atoms in total. The highest BCUT2D eigenvalue weighted by atomic mass is 35.5. The quantitative estimate of drug-likeness (QED) is 0.843. The van der Waals surface area contributed by atoms with Crippen LogP contribution in [0.1, 0.15) is 19.8 Å². The number of ether oxygens (including phenoxy) is 1. The fourth-order valence-electron chi connectivity index (χ4n) is 2.21. The summed E-state index contributed by atoms with van der Waals surface area (Å²) in [5.41, 5.74) is 0. The van der Waals surface area contributed by atoms with Gasteiger partial charge < -0.3 is 9.64 Å². The molecule has 1 aliphatic heterocycles. The lowest BCUT2D eigenvalue weighted by Gasteiger charge is -2.30. The highest BCUT2D eigenvalue weighted by molar-refractivity contribution is 6.32. The van der Waals surface area contributed by atoms with Gasteiger partial charge in [-0.15, -0.1) is 0 Å². The number of benzene rings is 1. The Morgan fingerprint density at radius 2 is 2.28 bits per heavy atom. The summed E-state index contributed by atoms with van der Waals surface area (Å²) in [5.74, 6) is 1.20. The molecule has 1 aliphatic rings. The van der Waals surface area contributed by atoms with Gasteiger partial charge in [-0.25, -0.2) is 0 Å². The van der Waals surface area contributed by atoms with E-state index in [1.54, 1.807) is 12.1 Å². The Balaban J connectivity index is 1.86. The lowest BCUT2D eigenvalue weighted by Crippen LogP contribution is -2.41. The van der Waals surface area contributed by atoms with Crippen molar-refractivity contribution in [3.63, 3.8) is 0 Å². The Kier molecular flexibility index (Phi) is 4.48. The summed E-state index contributed by atoms with van der Waals surface area (Å²) in [7, 11) is 0. The van der Waals surface area contributed by atoms with E-state index in [1.165, 1.54) is 6.42 Å². The summed E-state index contributed by atoms with van der Waals surface area (Å²) < 4.78 is 5.46. The Morgan fingerprint density at radius 3 is 3.00 bits per heavy atom.